The van der Waals surface area contributed by atoms with Gasteiger partial charge in [0.1, 0.15) is 5.75 Å². The highest BCUT2D eigenvalue weighted by Gasteiger charge is 2.11. The minimum atomic E-state index is 0.387. The van der Waals surface area contributed by atoms with E-state index in [1.165, 1.54) is 0 Å². The Morgan fingerprint density at radius 3 is 2.64 bits per heavy atom. The Kier molecular flexibility index (Phi) is 3.92. The normalized spacial score (nSPS) is 10.4. The van der Waals surface area contributed by atoms with Crippen LogP contribution in [0.15, 0.2) is 10.5 Å². The molecule has 0 bridgehead atoms. The zero-order valence-electron chi connectivity index (χ0n) is 8.52. The van der Waals surface area contributed by atoms with Crippen LogP contribution in [-0.2, 0) is 6.54 Å². The highest BCUT2D eigenvalue weighted by molar-refractivity contribution is 9.10. The zero-order chi connectivity index (χ0) is 10.7. The van der Waals surface area contributed by atoms with Crippen LogP contribution in [0, 0.1) is 13.8 Å². The van der Waals surface area contributed by atoms with E-state index in [0.29, 0.717) is 6.54 Å². The van der Waals surface area contributed by atoms with Gasteiger partial charge in [0.05, 0.1) is 7.11 Å². The third-order valence-electron chi connectivity index (χ3n) is 2.17. The number of hydroxylamine groups is 1. The van der Waals surface area contributed by atoms with Gasteiger partial charge in [-0.15, -0.1) is 0 Å². The van der Waals surface area contributed by atoms with Crippen LogP contribution >= 0.6 is 15.9 Å². The van der Waals surface area contributed by atoms with Crippen LogP contribution in [0.1, 0.15) is 16.7 Å². The van der Waals surface area contributed by atoms with Crippen molar-refractivity contribution in [3.8, 4) is 5.75 Å². The van der Waals surface area contributed by atoms with Gasteiger partial charge in [-0.1, -0.05) is 15.9 Å². The molecule has 0 unspecified atom stereocenters. The molecule has 1 rings (SSSR count). The average Bonchev–Trinajstić information content (AvgIpc) is 2.16. The second-order valence-electron chi connectivity index (χ2n) is 3.16. The number of hydrogen-bond acceptors (Lipinski definition) is 3. The SMILES string of the molecule is COc1c(CNO)cc(C)c(Br)c1C. The van der Waals surface area contributed by atoms with E-state index in [4.69, 9.17) is 9.94 Å². The molecule has 78 valence electrons. The Bertz CT molecular complexity index is 339. The van der Waals surface area contributed by atoms with Crippen LogP contribution in [-0.4, -0.2) is 12.3 Å². The maximum Gasteiger partial charge on any atom is 0.127 e. The smallest absolute Gasteiger partial charge is 0.127 e. The van der Waals surface area contributed by atoms with Crippen molar-refractivity contribution < 1.29 is 9.94 Å². The second kappa shape index (κ2) is 4.77. The first-order valence-corrected chi connectivity index (χ1v) is 5.10. The molecule has 2 N–H and O–H groups in total. The molecule has 4 heteroatoms. The number of hydrogen-bond donors (Lipinski definition) is 2. The molecule has 0 heterocycles. The lowest BCUT2D eigenvalue weighted by Gasteiger charge is -2.14. The predicted octanol–water partition coefficient (Wildman–Crippen LogP) is 2.55. The highest BCUT2D eigenvalue weighted by Crippen LogP contribution is 2.32. The number of ether oxygens (including phenoxy) is 1. The molecule has 0 aromatic heterocycles. The number of rotatable bonds is 3. The van der Waals surface area contributed by atoms with Gasteiger partial charge >= 0.3 is 0 Å². The summed E-state index contributed by atoms with van der Waals surface area (Å²) in [6, 6.07) is 1.99. The Morgan fingerprint density at radius 2 is 2.14 bits per heavy atom. The standard InChI is InChI=1S/C10H14BrNO2/c1-6-4-8(5-12-13)10(14-3)7(2)9(6)11/h4,12-13H,5H2,1-3H3. The predicted molar refractivity (Wildman–Crippen MR) is 58.8 cm³/mol. The summed E-state index contributed by atoms with van der Waals surface area (Å²) in [4.78, 5) is 0. The number of halogens is 1. The van der Waals surface area contributed by atoms with Crippen molar-refractivity contribution in [3.05, 3.63) is 27.2 Å². The summed E-state index contributed by atoms with van der Waals surface area (Å²) >= 11 is 3.49. The molecule has 14 heavy (non-hydrogen) atoms. The second-order valence-corrected chi connectivity index (χ2v) is 3.95. The van der Waals surface area contributed by atoms with Crippen molar-refractivity contribution in [2.24, 2.45) is 0 Å². The van der Waals surface area contributed by atoms with Crippen LogP contribution in [0.4, 0.5) is 0 Å². The van der Waals surface area contributed by atoms with Gasteiger partial charge in [-0.3, -0.25) is 0 Å². The topological polar surface area (TPSA) is 41.5 Å². The van der Waals surface area contributed by atoms with E-state index in [0.717, 1.165) is 26.9 Å². The lowest BCUT2D eigenvalue weighted by atomic mass is 10.1. The number of methoxy groups -OCH3 is 1. The van der Waals surface area contributed by atoms with Gasteiger partial charge in [0.25, 0.3) is 0 Å². The molecule has 0 aliphatic heterocycles. The summed E-state index contributed by atoms with van der Waals surface area (Å²) in [6.45, 7) is 4.38. The molecule has 0 amide bonds. The quantitative estimate of drug-likeness (QED) is 0.820. The lowest BCUT2D eigenvalue weighted by molar-refractivity contribution is 0.160. The molecular formula is C10H14BrNO2. The molecule has 0 spiro atoms. The summed E-state index contributed by atoms with van der Waals surface area (Å²) in [6.07, 6.45) is 0. The van der Waals surface area contributed by atoms with Gasteiger partial charge in [0, 0.05) is 22.1 Å². The molecule has 1 aromatic carbocycles. The molecule has 0 radical (unpaired) electrons. The molecule has 0 aliphatic carbocycles. The maximum absolute atomic E-state index is 8.67. The molecule has 1 aromatic rings. The highest BCUT2D eigenvalue weighted by atomic mass is 79.9. The largest absolute Gasteiger partial charge is 0.496 e. The molecule has 0 saturated carbocycles. The van der Waals surface area contributed by atoms with Crippen molar-refractivity contribution in [1.29, 1.82) is 0 Å². The van der Waals surface area contributed by atoms with Crippen molar-refractivity contribution in [2.45, 2.75) is 20.4 Å². The summed E-state index contributed by atoms with van der Waals surface area (Å²) < 4.78 is 6.34. The Labute approximate surface area is 92.2 Å². The Morgan fingerprint density at radius 1 is 1.50 bits per heavy atom. The fourth-order valence-electron chi connectivity index (χ4n) is 1.53. The molecular weight excluding hydrogens is 246 g/mol. The van der Waals surface area contributed by atoms with Crippen LogP contribution in [0.5, 0.6) is 5.75 Å². The molecule has 0 atom stereocenters. The monoisotopic (exact) mass is 259 g/mol. The van der Waals surface area contributed by atoms with Crippen LogP contribution in [0.3, 0.4) is 0 Å². The summed E-state index contributed by atoms with van der Waals surface area (Å²) in [7, 11) is 1.63. The van der Waals surface area contributed by atoms with E-state index in [2.05, 4.69) is 21.4 Å². The third kappa shape index (κ3) is 2.08. The van der Waals surface area contributed by atoms with Crippen molar-refractivity contribution in [1.82, 2.24) is 5.48 Å². The molecule has 0 fully saturated rings. The minimum absolute atomic E-state index is 0.387. The van der Waals surface area contributed by atoms with E-state index in [1.807, 2.05) is 19.9 Å². The van der Waals surface area contributed by atoms with E-state index in [1.54, 1.807) is 7.11 Å². The van der Waals surface area contributed by atoms with Crippen molar-refractivity contribution in [2.75, 3.05) is 7.11 Å². The first-order chi connectivity index (χ1) is 6.61. The van der Waals surface area contributed by atoms with Gasteiger partial charge in [0.15, 0.2) is 0 Å². The van der Waals surface area contributed by atoms with Crippen LogP contribution in [0.25, 0.3) is 0 Å². The fourth-order valence-corrected chi connectivity index (χ4v) is 1.82. The average molecular weight is 260 g/mol. The van der Waals surface area contributed by atoms with E-state index < -0.39 is 0 Å². The lowest BCUT2D eigenvalue weighted by Crippen LogP contribution is -2.09. The van der Waals surface area contributed by atoms with Crippen LogP contribution < -0.4 is 10.2 Å². The van der Waals surface area contributed by atoms with E-state index in [9.17, 15) is 0 Å². The first kappa shape index (κ1) is 11.5. The van der Waals surface area contributed by atoms with E-state index >= 15 is 0 Å². The van der Waals surface area contributed by atoms with Gasteiger partial charge in [0.2, 0.25) is 0 Å². The Balaban J connectivity index is 3.28. The molecule has 3 nitrogen and oxygen atoms in total. The zero-order valence-corrected chi connectivity index (χ0v) is 10.1. The third-order valence-corrected chi connectivity index (χ3v) is 3.39. The number of aryl methyl sites for hydroxylation is 1. The van der Waals surface area contributed by atoms with Crippen molar-refractivity contribution >= 4 is 15.9 Å². The van der Waals surface area contributed by atoms with Crippen molar-refractivity contribution in [3.63, 3.8) is 0 Å². The molecule has 0 saturated heterocycles. The number of nitrogens with one attached hydrogen (secondary N) is 1. The van der Waals surface area contributed by atoms with E-state index in [-0.39, 0.29) is 0 Å². The molecule has 0 aliphatic rings. The van der Waals surface area contributed by atoms with Gasteiger partial charge < -0.3 is 9.94 Å². The van der Waals surface area contributed by atoms with Gasteiger partial charge in [-0.25, -0.2) is 5.48 Å². The number of benzene rings is 1. The van der Waals surface area contributed by atoms with Gasteiger partial charge in [-0.2, -0.15) is 0 Å². The Hall–Kier alpha value is -0.580. The fraction of sp³-hybridized carbons (Fsp3) is 0.400. The summed E-state index contributed by atoms with van der Waals surface area (Å²) in [5.74, 6) is 0.809. The summed E-state index contributed by atoms with van der Waals surface area (Å²) in [5.41, 5.74) is 5.28. The maximum atomic E-state index is 8.67. The van der Waals surface area contributed by atoms with Crippen LogP contribution in [0.2, 0.25) is 0 Å². The first-order valence-electron chi connectivity index (χ1n) is 4.31. The minimum Gasteiger partial charge on any atom is -0.496 e. The summed E-state index contributed by atoms with van der Waals surface area (Å²) in [5, 5.41) is 8.67. The van der Waals surface area contributed by atoms with Gasteiger partial charge in [-0.05, 0) is 25.5 Å².